The molecule has 0 fully saturated rings. The monoisotopic (exact) mass is 508 g/mol. The van der Waals surface area contributed by atoms with Crippen molar-refractivity contribution < 1.29 is 0 Å². The van der Waals surface area contributed by atoms with Crippen molar-refractivity contribution in [1.82, 2.24) is 9.13 Å². The van der Waals surface area contributed by atoms with E-state index in [1.54, 1.807) is 0 Å². The lowest BCUT2D eigenvalue weighted by molar-refractivity contribution is 1.18. The minimum Gasteiger partial charge on any atom is -0.309 e. The fourth-order valence-electron chi connectivity index (χ4n) is 6.76. The van der Waals surface area contributed by atoms with Gasteiger partial charge < -0.3 is 9.13 Å². The first kappa shape index (κ1) is 21.6. The summed E-state index contributed by atoms with van der Waals surface area (Å²) in [5.41, 5.74) is 7.30. The number of hydrogen-bond donors (Lipinski definition) is 0. The van der Waals surface area contributed by atoms with Crippen molar-refractivity contribution in [2.24, 2.45) is 0 Å². The Balaban J connectivity index is 1.49. The molecule has 40 heavy (non-hydrogen) atoms. The summed E-state index contributed by atoms with van der Waals surface area (Å²) in [6, 6.07) is 53.0. The third-order valence-corrected chi connectivity index (χ3v) is 8.47. The summed E-state index contributed by atoms with van der Waals surface area (Å²) in [6.45, 7) is 0. The zero-order valence-electron chi connectivity index (χ0n) is 21.8. The van der Waals surface area contributed by atoms with Crippen LogP contribution in [0.15, 0.2) is 146 Å². The van der Waals surface area contributed by atoms with Crippen LogP contribution in [-0.4, -0.2) is 9.13 Å². The molecule has 0 amide bonds. The van der Waals surface area contributed by atoms with Crippen molar-refractivity contribution in [1.29, 1.82) is 0 Å². The van der Waals surface area contributed by atoms with Gasteiger partial charge in [-0.15, -0.1) is 0 Å². The number of hydrogen-bond acceptors (Lipinski definition) is 0. The van der Waals surface area contributed by atoms with Crippen LogP contribution in [0.3, 0.4) is 0 Å². The molecule has 0 saturated carbocycles. The molecule has 0 bridgehead atoms. The smallest absolute Gasteiger partial charge is 0.0549 e. The van der Waals surface area contributed by atoms with Crippen LogP contribution in [0.25, 0.3) is 76.5 Å². The summed E-state index contributed by atoms with van der Waals surface area (Å²) in [5, 5.41) is 10.1. The molecule has 9 aromatic rings. The van der Waals surface area contributed by atoms with Crippen molar-refractivity contribution in [3.8, 4) is 11.4 Å². The summed E-state index contributed by atoms with van der Waals surface area (Å²) in [7, 11) is 0. The highest BCUT2D eigenvalue weighted by Crippen LogP contribution is 2.41. The minimum atomic E-state index is 1.18. The van der Waals surface area contributed by atoms with Crippen LogP contribution < -0.4 is 0 Å². The van der Waals surface area contributed by atoms with Gasteiger partial charge in [0.15, 0.2) is 0 Å². The molecule has 0 aliphatic carbocycles. The summed E-state index contributed by atoms with van der Waals surface area (Å²) in [6.07, 6.45) is 0. The van der Waals surface area contributed by atoms with E-state index in [0.717, 1.165) is 0 Å². The average molecular weight is 509 g/mol. The molecular weight excluding hydrogens is 484 g/mol. The molecule has 0 atom stereocenters. The van der Waals surface area contributed by atoms with Crippen molar-refractivity contribution >= 4 is 65.2 Å². The number of aromatic nitrogens is 2. The van der Waals surface area contributed by atoms with Gasteiger partial charge >= 0.3 is 0 Å². The highest BCUT2D eigenvalue weighted by molar-refractivity contribution is 6.20. The summed E-state index contributed by atoms with van der Waals surface area (Å²) >= 11 is 0. The predicted octanol–water partition coefficient (Wildman–Crippen LogP) is 10.2. The number of benzene rings is 7. The van der Waals surface area contributed by atoms with E-state index in [4.69, 9.17) is 0 Å². The lowest BCUT2D eigenvalue weighted by Crippen LogP contribution is -1.96. The van der Waals surface area contributed by atoms with E-state index in [1.165, 1.54) is 76.5 Å². The fourth-order valence-corrected chi connectivity index (χ4v) is 6.76. The summed E-state index contributed by atoms with van der Waals surface area (Å²) < 4.78 is 4.88. The zero-order valence-corrected chi connectivity index (χ0v) is 21.8. The van der Waals surface area contributed by atoms with Crippen LogP contribution in [0, 0.1) is 0 Å². The first-order valence-electron chi connectivity index (χ1n) is 13.8. The Kier molecular flexibility index (Phi) is 4.36. The van der Waals surface area contributed by atoms with E-state index in [2.05, 4.69) is 155 Å². The van der Waals surface area contributed by atoms with Crippen LogP contribution in [0.2, 0.25) is 0 Å². The van der Waals surface area contributed by atoms with Gasteiger partial charge in [-0.3, -0.25) is 0 Å². The molecule has 0 N–H and O–H groups in total. The van der Waals surface area contributed by atoms with Crippen molar-refractivity contribution in [2.45, 2.75) is 0 Å². The number of nitrogens with zero attached hydrogens (tertiary/aromatic N) is 2. The first-order chi connectivity index (χ1) is 19.9. The normalized spacial score (nSPS) is 12.0. The van der Waals surface area contributed by atoms with Crippen LogP contribution in [0.4, 0.5) is 0 Å². The molecule has 2 aromatic heterocycles. The third kappa shape index (κ3) is 2.88. The van der Waals surface area contributed by atoms with Crippen LogP contribution in [0.5, 0.6) is 0 Å². The van der Waals surface area contributed by atoms with Crippen molar-refractivity contribution in [2.75, 3.05) is 0 Å². The van der Waals surface area contributed by atoms with Crippen LogP contribution in [0.1, 0.15) is 0 Å². The molecule has 186 valence electrons. The summed E-state index contributed by atoms with van der Waals surface area (Å²) in [4.78, 5) is 0. The van der Waals surface area contributed by atoms with E-state index in [9.17, 15) is 0 Å². The SMILES string of the molecule is c1ccc(-n2c3ccccc3c3cc4c(cc32)c2ccccc2n4-c2cc3ccccc3c3ccccc23)cc1. The van der Waals surface area contributed by atoms with Gasteiger partial charge in [-0.25, -0.2) is 0 Å². The maximum Gasteiger partial charge on any atom is 0.0549 e. The number of para-hydroxylation sites is 3. The molecule has 7 aromatic carbocycles. The zero-order chi connectivity index (χ0) is 26.2. The molecule has 2 heteroatoms. The molecule has 0 unspecified atom stereocenters. The van der Waals surface area contributed by atoms with Gasteiger partial charge in [0, 0.05) is 32.6 Å². The Hall–Kier alpha value is -5.34. The molecule has 0 aliphatic heterocycles. The van der Waals surface area contributed by atoms with Gasteiger partial charge in [-0.2, -0.15) is 0 Å². The second-order valence-electron chi connectivity index (χ2n) is 10.6. The minimum absolute atomic E-state index is 1.18. The third-order valence-electron chi connectivity index (χ3n) is 8.47. The van der Waals surface area contributed by atoms with Gasteiger partial charge in [0.05, 0.1) is 27.8 Å². The Labute approximate surface area is 230 Å². The lowest BCUT2D eigenvalue weighted by Gasteiger charge is -2.14. The standard InChI is InChI=1S/C38H24N2/c1-2-13-26(14-3-1)39-34-20-10-8-18-30(34)32-24-38-33(23-37(32)39)31-19-9-11-21-35(31)40(38)36-22-25-12-4-5-15-27(25)28-16-6-7-17-29(28)36/h1-24H. The Morgan fingerprint density at radius 3 is 1.50 bits per heavy atom. The quantitative estimate of drug-likeness (QED) is 0.206. The highest BCUT2D eigenvalue weighted by atomic mass is 15.0. The molecule has 2 heterocycles. The molecule has 0 saturated heterocycles. The van der Waals surface area contributed by atoms with Crippen molar-refractivity contribution in [3.63, 3.8) is 0 Å². The first-order valence-corrected chi connectivity index (χ1v) is 13.8. The second kappa shape index (κ2) is 8.08. The Morgan fingerprint density at radius 2 is 0.800 bits per heavy atom. The van der Waals surface area contributed by atoms with E-state index in [-0.39, 0.29) is 0 Å². The van der Waals surface area contributed by atoms with Gasteiger partial charge in [0.1, 0.15) is 0 Å². The van der Waals surface area contributed by atoms with Gasteiger partial charge in [-0.1, -0.05) is 103 Å². The van der Waals surface area contributed by atoms with E-state index >= 15 is 0 Å². The highest BCUT2D eigenvalue weighted by Gasteiger charge is 2.19. The fraction of sp³-hybridized carbons (Fsp3) is 0. The van der Waals surface area contributed by atoms with Gasteiger partial charge in [-0.05, 0) is 58.6 Å². The molecule has 0 aliphatic rings. The van der Waals surface area contributed by atoms with E-state index in [1.807, 2.05) is 0 Å². The van der Waals surface area contributed by atoms with Crippen LogP contribution in [-0.2, 0) is 0 Å². The molecule has 0 radical (unpaired) electrons. The average Bonchev–Trinajstić information content (AvgIpc) is 3.52. The van der Waals surface area contributed by atoms with E-state index in [0.29, 0.717) is 0 Å². The molecule has 2 nitrogen and oxygen atoms in total. The van der Waals surface area contributed by atoms with Gasteiger partial charge in [0.25, 0.3) is 0 Å². The molecular formula is C38H24N2. The van der Waals surface area contributed by atoms with Crippen LogP contribution >= 0.6 is 0 Å². The maximum atomic E-state index is 2.48. The molecule has 9 rings (SSSR count). The second-order valence-corrected chi connectivity index (χ2v) is 10.6. The van der Waals surface area contributed by atoms with Gasteiger partial charge in [0.2, 0.25) is 0 Å². The Morgan fingerprint density at radius 1 is 0.300 bits per heavy atom. The lowest BCUT2D eigenvalue weighted by atomic mass is 10.00. The largest absolute Gasteiger partial charge is 0.309 e. The van der Waals surface area contributed by atoms with E-state index < -0.39 is 0 Å². The predicted molar refractivity (Wildman–Crippen MR) is 170 cm³/mol. The number of rotatable bonds is 2. The topological polar surface area (TPSA) is 9.86 Å². The maximum absolute atomic E-state index is 2.48. The number of fused-ring (bicyclic) bond motifs is 9. The summed E-state index contributed by atoms with van der Waals surface area (Å²) in [5.74, 6) is 0. The molecule has 0 spiro atoms. The Bertz CT molecular complexity index is 2420. The van der Waals surface area contributed by atoms with Crippen molar-refractivity contribution in [3.05, 3.63) is 146 Å².